The molecule has 0 heterocycles. The second kappa shape index (κ2) is 6.89. The predicted octanol–water partition coefficient (Wildman–Crippen LogP) is 2.37. The van der Waals surface area contributed by atoms with E-state index in [0.717, 1.165) is 6.07 Å². The Labute approximate surface area is 145 Å². The second-order valence-electron chi connectivity index (χ2n) is 5.42. The van der Waals surface area contributed by atoms with E-state index in [9.17, 15) is 23.3 Å². The maximum atomic E-state index is 12.6. The number of hydrogen-bond acceptors (Lipinski definition) is 5. The topological polar surface area (TPSA) is 118 Å². The minimum atomic E-state index is -4.01. The third-order valence-electron chi connectivity index (χ3n) is 3.67. The zero-order valence-corrected chi connectivity index (χ0v) is 14.7. The highest BCUT2D eigenvalue weighted by Crippen LogP contribution is 2.25. The lowest BCUT2D eigenvalue weighted by Crippen LogP contribution is -2.20. The number of rotatable bonds is 5. The monoisotopic (exact) mass is 363 g/mol. The molecule has 132 valence electrons. The molecular formula is C16H17N3O5S. The first-order valence-electron chi connectivity index (χ1n) is 7.26. The number of aryl methyl sites for hydroxylation is 2. The highest BCUT2D eigenvalue weighted by Gasteiger charge is 2.20. The molecular weight excluding hydrogens is 346 g/mol. The fourth-order valence-electron chi connectivity index (χ4n) is 2.18. The van der Waals surface area contributed by atoms with Gasteiger partial charge in [0, 0.05) is 24.7 Å². The number of hydrogen-bond donors (Lipinski definition) is 2. The molecule has 0 radical (unpaired) electrons. The molecule has 0 aliphatic rings. The summed E-state index contributed by atoms with van der Waals surface area (Å²) < 4.78 is 27.5. The van der Waals surface area contributed by atoms with Crippen LogP contribution < -0.4 is 10.0 Å². The summed E-state index contributed by atoms with van der Waals surface area (Å²) in [6.07, 6.45) is 0. The van der Waals surface area contributed by atoms with Gasteiger partial charge in [-0.2, -0.15) is 0 Å². The van der Waals surface area contributed by atoms with Gasteiger partial charge in [0.15, 0.2) is 0 Å². The van der Waals surface area contributed by atoms with Crippen molar-refractivity contribution in [3.63, 3.8) is 0 Å². The summed E-state index contributed by atoms with van der Waals surface area (Å²) in [7, 11) is -2.56. The van der Waals surface area contributed by atoms with Crippen LogP contribution in [0.25, 0.3) is 0 Å². The summed E-state index contributed by atoms with van der Waals surface area (Å²) in [4.78, 5) is 22.0. The van der Waals surface area contributed by atoms with E-state index in [1.54, 1.807) is 13.8 Å². The van der Waals surface area contributed by atoms with Crippen molar-refractivity contribution in [2.45, 2.75) is 18.7 Å². The number of carbonyl (C=O) groups excluding carboxylic acids is 1. The first-order chi connectivity index (χ1) is 11.7. The Hall–Kier alpha value is -2.94. The molecule has 25 heavy (non-hydrogen) atoms. The quantitative estimate of drug-likeness (QED) is 0.624. The normalized spacial score (nSPS) is 11.0. The first-order valence-corrected chi connectivity index (χ1v) is 8.74. The molecule has 2 rings (SSSR count). The van der Waals surface area contributed by atoms with E-state index >= 15 is 0 Å². The number of carbonyl (C=O) groups is 1. The van der Waals surface area contributed by atoms with Crippen LogP contribution in [-0.2, 0) is 10.0 Å². The van der Waals surface area contributed by atoms with Crippen molar-refractivity contribution in [1.82, 2.24) is 5.32 Å². The largest absolute Gasteiger partial charge is 0.355 e. The number of nitrogens with one attached hydrogen (secondary N) is 2. The van der Waals surface area contributed by atoms with Gasteiger partial charge in [0.1, 0.15) is 0 Å². The lowest BCUT2D eigenvalue weighted by atomic mass is 10.1. The van der Waals surface area contributed by atoms with E-state index in [2.05, 4.69) is 10.0 Å². The van der Waals surface area contributed by atoms with Crippen molar-refractivity contribution in [2.24, 2.45) is 0 Å². The molecule has 0 spiro atoms. The van der Waals surface area contributed by atoms with Crippen LogP contribution in [0.3, 0.4) is 0 Å². The van der Waals surface area contributed by atoms with Crippen LogP contribution in [0.1, 0.15) is 21.5 Å². The Morgan fingerprint density at radius 2 is 1.72 bits per heavy atom. The number of sulfonamides is 1. The number of benzene rings is 2. The van der Waals surface area contributed by atoms with E-state index in [0.29, 0.717) is 11.1 Å². The molecule has 0 fully saturated rings. The number of nitro benzene ring substituents is 1. The van der Waals surface area contributed by atoms with Crippen LogP contribution in [0.4, 0.5) is 11.4 Å². The molecule has 0 aliphatic carbocycles. The van der Waals surface area contributed by atoms with Crippen molar-refractivity contribution in [3.8, 4) is 0 Å². The van der Waals surface area contributed by atoms with Crippen molar-refractivity contribution >= 4 is 27.3 Å². The van der Waals surface area contributed by atoms with Crippen LogP contribution in [0, 0.1) is 24.0 Å². The maximum Gasteiger partial charge on any atom is 0.271 e. The van der Waals surface area contributed by atoms with Crippen molar-refractivity contribution in [3.05, 3.63) is 63.2 Å². The van der Waals surface area contributed by atoms with Crippen molar-refractivity contribution in [2.75, 3.05) is 11.8 Å². The van der Waals surface area contributed by atoms with Gasteiger partial charge < -0.3 is 5.32 Å². The Morgan fingerprint density at radius 1 is 1.08 bits per heavy atom. The molecule has 0 aliphatic heterocycles. The van der Waals surface area contributed by atoms with E-state index < -0.39 is 20.9 Å². The predicted molar refractivity (Wildman–Crippen MR) is 93.2 cm³/mol. The molecule has 0 saturated heterocycles. The zero-order chi connectivity index (χ0) is 18.8. The highest BCUT2D eigenvalue weighted by atomic mass is 32.2. The standard InChI is InChI=1S/C16H17N3O5S/c1-10-5-7-13(9-14(10)16(20)17-3)25(23,24)18-15-8-12(19(21)22)6-4-11(15)2/h4-9,18H,1-3H3,(H,17,20). The van der Waals surface area contributed by atoms with E-state index in [1.807, 2.05) is 0 Å². The molecule has 0 bridgehead atoms. The molecule has 2 aromatic carbocycles. The Kier molecular flexibility index (Phi) is 5.07. The van der Waals surface area contributed by atoms with Crippen LogP contribution in [0.2, 0.25) is 0 Å². The molecule has 9 heteroatoms. The fourth-order valence-corrected chi connectivity index (χ4v) is 3.33. The molecule has 0 atom stereocenters. The van der Waals surface area contributed by atoms with E-state index in [4.69, 9.17) is 0 Å². The smallest absolute Gasteiger partial charge is 0.271 e. The average molecular weight is 363 g/mol. The summed E-state index contributed by atoms with van der Waals surface area (Å²) in [5.41, 5.74) is 1.29. The highest BCUT2D eigenvalue weighted by molar-refractivity contribution is 7.92. The molecule has 0 saturated carbocycles. The van der Waals surface area contributed by atoms with Gasteiger partial charge in [-0.05, 0) is 37.1 Å². The van der Waals surface area contributed by atoms with Crippen LogP contribution in [0.5, 0.6) is 0 Å². The Bertz CT molecular complexity index is 954. The van der Waals surface area contributed by atoms with Gasteiger partial charge in [-0.1, -0.05) is 12.1 Å². The number of nitrogens with zero attached hydrogens (tertiary/aromatic N) is 1. The van der Waals surface area contributed by atoms with Crippen molar-refractivity contribution < 1.29 is 18.1 Å². The third-order valence-corrected chi connectivity index (χ3v) is 5.03. The van der Waals surface area contributed by atoms with Crippen LogP contribution in [-0.4, -0.2) is 26.3 Å². The minimum absolute atomic E-state index is 0.108. The van der Waals surface area contributed by atoms with Gasteiger partial charge in [-0.15, -0.1) is 0 Å². The Balaban J connectivity index is 2.45. The molecule has 0 unspecified atom stereocenters. The SMILES string of the molecule is CNC(=O)c1cc(S(=O)(=O)Nc2cc([N+](=O)[O-])ccc2C)ccc1C. The first kappa shape index (κ1) is 18.4. The summed E-state index contributed by atoms with van der Waals surface area (Å²) in [5.74, 6) is -0.402. The van der Waals surface area contributed by atoms with Gasteiger partial charge >= 0.3 is 0 Å². The van der Waals surface area contributed by atoms with E-state index in [-0.39, 0.29) is 21.8 Å². The van der Waals surface area contributed by atoms with Crippen LogP contribution in [0.15, 0.2) is 41.3 Å². The average Bonchev–Trinajstić information content (AvgIpc) is 2.56. The van der Waals surface area contributed by atoms with Gasteiger partial charge in [0.25, 0.3) is 21.6 Å². The lowest BCUT2D eigenvalue weighted by Gasteiger charge is -2.12. The number of nitro groups is 1. The van der Waals surface area contributed by atoms with Gasteiger partial charge in [-0.25, -0.2) is 8.42 Å². The van der Waals surface area contributed by atoms with Gasteiger partial charge in [0.05, 0.1) is 15.5 Å². The summed E-state index contributed by atoms with van der Waals surface area (Å²) >= 11 is 0. The minimum Gasteiger partial charge on any atom is -0.355 e. The molecule has 2 aromatic rings. The second-order valence-corrected chi connectivity index (χ2v) is 7.10. The lowest BCUT2D eigenvalue weighted by molar-refractivity contribution is -0.384. The van der Waals surface area contributed by atoms with Crippen LogP contribution >= 0.6 is 0 Å². The molecule has 8 nitrogen and oxygen atoms in total. The zero-order valence-electron chi connectivity index (χ0n) is 13.9. The molecule has 2 N–H and O–H groups in total. The van der Waals surface area contributed by atoms with E-state index in [1.165, 1.54) is 37.4 Å². The Morgan fingerprint density at radius 3 is 2.32 bits per heavy atom. The van der Waals surface area contributed by atoms with Gasteiger partial charge in [0.2, 0.25) is 0 Å². The number of amides is 1. The van der Waals surface area contributed by atoms with Crippen molar-refractivity contribution in [1.29, 1.82) is 0 Å². The molecule has 1 amide bonds. The summed E-state index contributed by atoms with van der Waals surface area (Å²) in [6.45, 7) is 3.33. The molecule has 0 aromatic heterocycles. The summed E-state index contributed by atoms with van der Waals surface area (Å²) in [6, 6.07) is 8.07. The number of anilines is 1. The number of non-ortho nitro benzene ring substituents is 1. The van der Waals surface area contributed by atoms with Gasteiger partial charge in [-0.3, -0.25) is 19.6 Å². The maximum absolute atomic E-state index is 12.6. The third kappa shape index (κ3) is 3.94. The fraction of sp³-hybridized carbons (Fsp3) is 0.188. The summed E-state index contributed by atoms with van der Waals surface area (Å²) in [5, 5.41) is 13.3.